The van der Waals surface area contributed by atoms with Crippen molar-refractivity contribution in [1.82, 2.24) is 0 Å². The third kappa shape index (κ3) is 4.77. The highest BCUT2D eigenvalue weighted by molar-refractivity contribution is 5.32. The summed E-state index contributed by atoms with van der Waals surface area (Å²) in [4.78, 5) is 0. The average Bonchev–Trinajstić information content (AvgIpc) is 2.25. The first-order chi connectivity index (χ1) is 8.00. The molecular formula is C17H26. The molecule has 0 amide bonds. The topological polar surface area (TPSA) is 0 Å². The minimum Gasteiger partial charge on any atom is -0.100 e. The number of hydrogen-bond acceptors (Lipinski definition) is 0. The van der Waals surface area contributed by atoms with Gasteiger partial charge in [-0.1, -0.05) is 37.6 Å². The van der Waals surface area contributed by atoms with Gasteiger partial charge in [0, 0.05) is 0 Å². The van der Waals surface area contributed by atoms with Crippen molar-refractivity contribution in [2.45, 2.75) is 59.3 Å². The molecule has 0 radical (unpaired) electrons. The Labute approximate surface area is 107 Å². The molecule has 0 atom stereocenters. The smallest absolute Gasteiger partial charge is 0.0219 e. The molecule has 1 aromatic rings. The van der Waals surface area contributed by atoms with Gasteiger partial charge in [-0.15, -0.1) is 6.58 Å². The van der Waals surface area contributed by atoms with Crippen molar-refractivity contribution in [2.24, 2.45) is 0 Å². The minimum absolute atomic E-state index is 0.629. The monoisotopic (exact) mass is 230 g/mol. The van der Waals surface area contributed by atoms with Crippen LogP contribution in [-0.4, -0.2) is 0 Å². The fourth-order valence-electron chi connectivity index (χ4n) is 2.06. The van der Waals surface area contributed by atoms with E-state index in [4.69, 9.17) is 0 Å². The molecule has 0 heterocycles. The molecule has 0 saturated carbocycles. The first kappa shape index (κ1) is 14.0. The zero-order chi connectivity index (χ0) is 12.8. The number of unbranched alkanes of at least 4 members (excludes halogenated alkanes) is 1. The summed E-state index contributed by atoms with van der Waals surface area (Å²) in [6.45, 7) is 12.8. The van der Waals surface area contributed by atoms with E-state index in [9.17, 15) is 0 Å². The highest BCUT2D eigenvalue weighted by atomic mass is 14.1. The molecule has 94 valence electrons. The molecule has 0 aromatic heterocycles. The van der Waals surface area contributed by atoms with Crippen LogP contribution in [0.2, 0.25) is 0 Å². The molecule has 1 aromatic carbocycles. The summed E-state index contributed by atoms with van der Waals surface area (Å²) in [7, 11) is 0. The van der Waals surface area contributed by atoms with Gasteiger partial charge in [-0.25, -0.2) is 0 Å². The normalized spacial score (nSPS) is 10.9. The molecule has 0 spiro atoms. The van der Waals surface area contributed by atoms with Crippen molar-refractivity contribution in [1.29, 1.82) is 0 Å². The SMILES string of the molecule is C=C(C)CCCCc1cc(C(C)C)ccc1C. The predicted molar refractivity (Wildman–Crippen MR) is 77.6 cm³/mol. The van der Waals surface area contributed by atoms with Crippen LogP contribution in [-0.2, 0) is 6.42 Å². The van der Waals surface area contributed by atoms with Gasteiger partial charge in [0.15, 0.2) is 0 Å². The summed E-state index contributed by atoms with van der Waals surface area (Å²) in [5, 5.41) is 0. The molecule has 17 heavy (non-hydrogen) atoms. The van der Waals surface area contributed by atoms with E-state index in [1.165, 1.54) is 47.9 Å². The molecule has 0 N–H and O–H groups in total. The van der Waals surface area contributed by atoms with Gasteiger partial charge in [-0.05, 0) is 62.1 Å². The van der Waals surface area contributed by atoms with Crippen LogP contribution in [0.15, 0.2) is 30.4 Å². The first-order valence-electron chi connectivity index (χ1n) is 6.74. The highest BCUT2D eigenvalue weighted by Crippen LogP contribution is 2.20. The van der Waals surface area contributed by atoms with Crippen LogP contribution in [0.1, 0.15) is 62.6 Å². The fraction of sp³-hybridized carbons (Fsp3) is 0.529. The standard InChI is InChI=1S/C17H26/c1-13(2)8-6-7-9-17-12-16(14(3)4)11-10-15(17)5/h10-12,14H,1,6-9H2,2-5H3. The molecule has 0 bridgehead atoms. The second-order valence-corrected chi connectivity index (χ2v) is 5.50. The van der Waals surface area contributed by atoms with Gasteiger partial charge in [-0.3, -0.25) is 0 Å². The second kappa shape index (κ2) is 6.64. The van der Waals surface area contributed by atoms with E-state index >= 15 is 0 Å². The van der Waals surface area contributed by atoms with Gasteiger partial charge < -0.3 is 0 Å². The van der Waals surface area contributed by atoms with E-state index in [-0.39, 0.29) is 0 Å². The molecule has 0 aliphatic heterocycles. The third-order valence-electron chi connectivity index (χ3n) is 3.34. The Morgan fingerprint density at radius 3 is 2.53 bits per heavy atom. The van der Waals surface area contributed by atoms with E-state index in [0.717, 1.165) is 0 Å². The van der Waals surface area contributed by atoms with E-state index in [0.29, 0.717) is 5.92 Å². The van der Waals surface area contributed by atoms with Crippen molar-refractivity contribution in [3.8, 4) is 0 Å². The first-order valence-corrected chi connectivity index (χ1v) is 6.74. The quantitative estimate of drug-likeness (QED) is 0.453. The van der Waals surface area contributed by atoms with Gasteiger partial charge in [0.1, 0.15) is 0 Å². The van der Waals surface area contributed by atoms with Crippen LogP contribution >= 0.6 is 0 Å². The van der Waals surface area contributed by atoms with E-state index in [1.807, 2.05) is 0 Å². The molecule has 0 aliphatic carbocycles. The molecule has 0 fully saturated rings. The van der Waals surface area contributed by atoms with Gasteiger partial charge in [0.25, 0.3) is 0 Å². The molecule has 0 saturated heterocycles. The third-order valence-corrected chi connectivity index (χ3v) is 3.34. The fourth-order valence-corrected chi connectivity index (χ4v) is 2.06. The number of hydrogen-bond donors (Lipinski definition) is 0. The number of aryl methyl sites for hydroxylation is 2. The van der Waals surface area contributed by atoms with Crippen LogP contribution in [0.5, 0.6) is 0 Å². The van der Waals surface area contributed by atoms with Crippen molar-refractivity contribution in [2.75, 3.05) is 0 Å². The highest BCUT2D eigenvalue weighted by Gasteiger charge is 2.03. The molecule has 0 nitrogen and oxygen atoms in total. The molecule has 0 unspecified atom stereocenters. The summed E-state index contributed by atoms with van der Waals surface area (Å²) < 4.78 is 0. The van der Waals surface area contributed by atoms with Gasteiger partial charge in [0.2, 0.25) is 0 Å². The van der Waals surface area contributed by atoms with Crippen molar-refractivity contribution < 1.29 is 0 Å². The summed E-state index contributed by atoms with van der Waals surface area (Å²) in [6, 6.07) is 6.92. The summed E-state index contributed by atoms with van der Waals surface area (Å²) in [5.41, 5.74) is 5.73. The minimum atomic E-state index is 0.629. The Kier molecular flexibility index (Phi) is 5.47. The Bertz CT molecular complexity index is 372. The van der Waals surface area contributed by atoms with E-state index in [2.05, 4.69) is 52.5 Å². The maximum Gasteiger partial charge on any atom is -0.0219 e. The molecule has 0 heteroatoms. The van der Waals surface area contributed by atoms with Crippen molar-refractivity contribution in [3.05, 3.63) is 47.0 Å². The number of allylic oxidation sites excluding steroid dienone is 1. The van der Waals surface area contributed by atoms with Crippen LogP contribution in [0, 0.1) is 6.92 Å². The Morgan fingerprint density at radius 2 is 1.94 bits per heavy atom. The van der Waals surface area contributed by atoms with Gasteiger partial charge in [0.05, 0.1) is 0 Å². The average molecular weight is 230 g/mol. The predicted octanol–water partition coefficient (Wildman–Crippen LogP) is 5.41. The maximum absolute atomic E-state index is 3.95. The van der Waals surface area contributed by atoms with Crippen molar-refractivity contribution >= 4 is 0 Å². The number of rotatable bonds is 6. The molecular weight excluding hydrogens is 204 g/mol. The summed E-state index contributed by atoms with van der Waals surface area (Å²) in [6.07, 6.45) is 4.92. The van der Waals surface area contributed by atoms with E-state index < -0.39 is 0 Å². The summed E-state index contributed by atoms with van der Waals surface area (Å²) >= 11 is 0. The number of benzene rings is 1. The van der Waals surface area contributed by atoms with Crippen LogP contribution in [0.4, 0.5) is 0 Å². The second-order valence-electron chi connectivity index (χ2n) is 5.50. The Hall–Kier alpha value is -1.04. The van der Waals surface area contributed by atoms with Gasteiger partial charge in [-0.2, -0.15) is 0 Å². The zero-order valence-corrected chi connectivity index (χ0v) is 11.8. The van der Waals surface area contributed by atoms with Crippen LogP contribution in [0.3, 0.4) is 0 Å². The zero-order valence-electron chi connectivity index (χ0n) is 11.8. The lowest BCUT2D eigenvalue weighted by atomic mass is 9.95. The molecule has 1 rings (SSSR count). The lowest BCUT2D eigenvalue weighted by Gasteiger charge is -2.11. The van der Waals surface area contributed by atoms with Crippen LogP contribution < -0.4 is 0 Å². The Morgan fingerprint density at radius 1 is 1.24 bits per heavy atom. The van der Waals surface area contributed by atoms with Crippen LogP contribution in [0.25, 0.3) is 0 Å². The lowest BCUT2D eigenvalue weighted by molar-refractivity contribution is 0.726. The molecule has 0 aliphatic rings. The van der Waals surface area contributed by atoms with E-state index in [1.54, 1.807) is 0 Å². The van der Waals surface area contributed by atoms with Gasteiger partial charge >= 0.3 is 0 Å². The maximum atomic E-state index is 3.95. The largest absolute Gasteiger partial charge is 0.100 e. The van der Waals surface area contributed by atoms with Crippen molar-refractivity contribution in [3.63, 3.8) is 0 Å². The lowest BCUT2D eigenvalue weighted by Crippen LogP contribution is -1.95. The Balaban J connectivity index is 2.57. The summed E-state index contributed by atoms with van der Waals surface area (Å²) in [5.74, 6) is 0.629.